The van der Waals surface area contributed by atoms with Crippen LogP contribution >= 0.6 is 12.6 Å². The number of thiol groups is 1. The number of hydrogen-bond donors (Lipinski definition) is 2. The zero-order chi connectivity index (χ0) is 12.0. The number of likely N-dealkylation sites (tertiary alicyclic amines) is 1. The number of piperidine rings is 1. The average Bonchev–Trinajstić information content (AvgIpc) is 2.37. The van der Waals surface area contributed by atoms with Crippen molar-refractivity contribution in [2.45, 2.75) is 39.5 Å². The number of aliphatic hydroxyl groups excluding tert-OH is 1. The molecule has 0 spiro atoms. The van der Waals surface area contributed by atoms with Crippen molar-refractivity contribution in [1.82, 2.24) is 4.90 Å². The Morgan fingerprint density at radius 3 is 2.19 bits per heavy atom. The van der Waals surface area contributed by atoms with Crippen LogP contribution in [0.3, 0.4) is 0 Å². The Morgan fingerprint density at radius 2 is 1.81 bits per heavy atom. The van der Waals surface area contributed by atoms with E-state index in [9.17, 15) is 0 Å². The minimum absolute atomic E-state index is 0.368. The van der Waals surface area contributed by atoms with Gasteiger partial charge in [0, 0.05) is 13.2 Å². The summed E-state index contributed by atoms with van der Waals surface area (Å²) in [5, 5.41) is 9.12. The molecule has 0 aromatic carbocycles. The molecule has 0 amide bonds. The molecule has 0 aromatic heterocycles. The van der Waals surface area contributed by atoms with Gasteiger partial charge in [0.1, 0.15) is 0 Å². The maximum Gasteiger partial charge on any atom is 0.0460 e. The van der Waals surface area contributed by atoms with E-state index in [-0.39, 0.29) is 0 Å². The van der Waals surface area contributed by atoms with Crippen molar-refractivity contribution >= 4 is 12.6 Å². The molecule has 1 rings (SSSR count). The van der Waals surface area contributed by atoms with Crippen molar-refractivity contribution in [3.63, 3.8) is 0 Å². The fourth-order valence-electron chi connectivity index (χ4n) is 2.55. The normalized spacial score (nSPS) is 20.2. The summed E-state index contributed by atoms with van der Waals surface area (Å²) >= 11 is 4.53. The predicted octanol–water partition coefficient (Wildman–Crippen LogP) is 2.43. The number of nitrogens with zero attached hydrogens (tertiary/aromatic N) is 1. The largest absolute Gasteiger partial charge is 0.396 e. The molecule has 1 aliphatic heterocycles. The molecule has 1 N–H and O–H groups in total. The Hall–Kier alpha value is 0.270. The Bertz CT molecular complexity index is 178. The van der Waals surface area contributed by atoms with Crippen LogP contribution in [0.25, 0.3) is 0 Å². The lowest BCUT2D eigenvalue weighted by atomic mass is 9.83. The molecule has 0 bridgehead atoms. The topological polar surface area (TPSA) is 23.5 Å². The summed E-state index contributed by atoms with van der Waals surface area (Å²) in [5.74, 6) is 1.53. The molecule has 0 radical (unpaired) electrons. The minimum atomic E-state index is 0.368. The van der Waals surface area contributed by atoms with Gasteiger partial charge in [-0.3, -0.25) is 0 Å². The minimum Gasteiger partial charge on any atom is -0.396 e. The van der Waals surface area contributed by atoms with Gasteiger partial charge >= 0.3 is 0 Å². The molecule has 16 heavy (non-hydrogen) atoms. The molecule has 96 valence electrons. The Morgan fingerprint density at radius 1 is 1.25 bits per heavy atom. The second-order valence-corrected chi connectivity index (χ2v) is 5.58. The smallest absolute Gasteiger partial charge is 0.0460 e. The van der Waals surface area contributed by atoms with Gasteiger partial charge in [0.2, 0.25) is 0 Å². The van der Waals surface area contributed by atoms with Gasteiger partial charge in [-0.2, -0.15) is 12.6 Å². The molecule has 2 nitrogen and oxygen atoms in total. The summed E-state index contributed by atoms with van der Waals surface area (Å²) in [6.07, 6.45) is 4.75. The molecule has 0 unspecified atom stereocenters. The highest BCUT2D eigenvalue weighted by Gasteiger charge is 2.29. The van der Waals surface area contributed by atoms with E-state index in [1.54, 1.807) is 0 Å². The van der Waals surface area contributed by atoms with Crippen molar-refractivity contribution in [1.29, 1.82) is 0 Å². The van der Waals surface area contributed by atoms with E-state index in [4.69, 9.17) is 5.11 Å². The number of aliphatic hydroxyl groups is 1. The third-order valence-electron chi connectivity index (χ3n) is 4.36. The second kappa shape index (κ2) is 6.87. The van der Waals surface area contributed by atoms with E-state index in [0.717, 1.165) is 31.7 Å². The van der Waals surface area contributed by atoms with Crippen LogP contribution in [-0.4, -0.2) is 42.0 Å². The highest BCUT2D eigenvalue weighted by Crippen LogP contribution is 2.30. The van der Waals surface area contributed by atoms with Crippen LogP contribution in [0.5, 0.6) is 0 Å². The zero-order valence-corrected chi connectivity index (χ0v) is 11.7. The molecule has 0 saturated carbocycles. The standard InChI is InChI=1S/C13H27NOS/c1-3-13(4-2,11-16)10-14-7-5-12(9-15)6-8-14/h12,15-16H,3-11H2,1-2H3. The first kappa shape index (κ1) is 14.3. The van der Waals surface area contributed by atoms with Gasteiger partial charge in [0.15, 0.2) is 0 Å². The van der Waals surface area contributed by atoms with Crippen LogP contribution < -0.4 is 0 Å². The third kappa shape index (κ3) is 3.64. The van der Waals surface area contributed by atoms with Gasteiger partial charge in [0.25, 0.3) is 0 Å². The van der Waals surface area contributed by atoms with Crippen molar-refractivity contribution < 1.29 is 5.11 Å². The van der Waals surface area contributed by atoms with Gasteiger partial charge in [0.05, 0.1) is 0 Å². The van der Waals surface area contributed by atoms with Gasteiger partial charge < -0.3 is 10.0 Å². The van der Waals surface area contributed by atoms with Crippen LogP contribution in [0.4, 0.5) is 0 Å². The summed E-state index contributed by atoms with van der Waals surface area (Å²) in [6.45, 7) is 8.41. The summed E-state index contributed by atoms with van der Waals surface area (Å²) in [6, 6.07) is 0. The van der Waals surface area contributed by atoms with Gasteiger partial charge in [-0.15, -0.1) is 0 Å². The lowest BCUT2D eigenvalue weighted by molar-refractivity contribution is 0.0930. The number of hydrogen-bond acceptors (Lipinski definition) is 3. The molecule has 1 saturated heterocycles. The summed E-state index contributed by atoms with van der Waals surface area (Å²) in [5.41, 5.74) is 0.398. The van der Waals surface area contributed by atoms with Crippen LogP contribution in [-0.2, 0) is 0 Å². The monoisotopic (exact) mass is 245 g/mol. The van der Waals surface area contributed by atoms with Crippen molar-refractivity contribution in [3.05, 3.63) is 0 Å². The maximum atomic E-state index is 9.12. The first-order valence-electron chi connectivity index (χ1n) is 6.63. The third-order valence-corrected chi connectivity index (χ3v) is 5.03. The van der Waals surface area contributed by atoms with Crippen molar-refractivity contribution in [2.24, 2.45) is 11.3 Å². The van der Waals surface area contributed by atoms with E-state index >= 15 is 0 Å². The van der Waals surface area contributed by atoms with E-state index in [1.807, 2.05) is 0 Å². The van der Waals surface area contributed by atoms with E-state index in [2.05, 4.69) is 31.4 Å². The van der Waals surface area contributed by atoms with Crippen LogP contribution in [0, 0.1) is 11.3 Å². The molecule has 0 atom stereocenters. The fraction of sp³-hybridized carbons (Fsp3) is 1.00. The molecular weight excluding hydrogens is 218 g/mol. The Balaban J connectivity index is 2.42. The summed E-state index contributed by atoms with van der Waals surface area (Å²) in [7, 11) is 0. The van der Waals surface area contributed by atoms with Crippen molar-refractivity contribution in [3.8, 4) is 0 Å². The lowest BCUT2D eigenvalue weighted by Crippen LogP contribution is -2.43. The molecular formula is C13H27NOS. The predicted molar refractivity (Wildman–Crippen MR) is 73.1 cm³/mol. The highest BCUT2D eigenvalue weighted by atomic mass is 32.1. The van der Waals surface area contributed by atoms with Crippen LogP contribution in [0.2, 0.25) is 0 Å². The van der Waals surface area contributed by atoms with E-state index in [0.29, 0.717) is 17.9 Å². The lowest BCUT2D eigenvalue weighted by Gasteiger charge is -2.39. The van der Waals surface area contributed by atoms with Crippen LogP contribution in [0.1, 0.15) is 39.5 Å². The Kier molecular flexibility index (Phi) is 6.16. The summed E-state index contributed by atoms with van der Waals surface area (Å²) < 4.78 is 0. The van der Waals surface area contributed by atoms with Gasteiger partial charge in [-0.25, -0.2) is 0 Å². The average molecular weight is 245 g/mol. The van der Waals surface area contributed by atoms with Gasteiger partial charge in [-0.1, -0.05) is 13.8 Å². The molecule has 0 aromatic rings. The number of rotatable bonds is 6. The Labute approximate surface area is 106 Å². The molecule has 1 fully saturated rings. The van der Waals surface area contributed by atoms with Crippen LogP contribution in [0.15, 0.2) is 0 Å². The summed E-state index contributed by atoms with van der Waals surface area (Å²) in [4.78, 5) is 2.56. The quantitative estimate of drug-likeness (QED) is 0.702. The maximum absolute atomic E-state index is 9.12. The first-order valence-corrected chi connectivity index (χ1v) is 7.27. The van der Waals surface area contributed by atoms with Gasteiger partial charge in [-0.05, 0) is 55.9 Å². The van der Waals surface area contributed by atoms with E-state index < -0.39 is 0 Å². The van der Waals surface area contributed by atoms with Crippen molar-refractivity contribution in [2.75, 3.05) is 32.0 Å². The fourth-order valence-corrected chi connectivity index (χ4v) is 3.10. The molecule has 1 heterocycles. The van der Waals surface area contributed by atoms with E-state index in [1.165, 1.54) is 19.4 Å². The second-order valence-electron chi connectivity index (χ2n) is 5.27. The highest BCUT2D eigenvalue weighted by molar-refractivity contribution is 7.80. The SMILES string of the molecule is CCC(CC)(CS)CN1CCC(CO)CC1. The molecule has 0 aliphatic carbocycles. The molecule has 3 heteroatoms. The first-order chi connectivity index (χ1) is 7.69. The zero-order valence-electron chi connectivity index (χ0n) is 10.8. The molecule has 1 aliphatic rings.